The molecule has 1 saturated heterocycles. The van der Waals surface area contributed by atoms with Crippen molar-refractivity contribution in [2.24, 2.45) is 0 Å². The van der Waals surface area contributed by atoms with E-state index in [1.807, 2.05) is 0 Å². The molecule has 1 N–H and O–H groups in total. The van der Waals surface area contributed by atoms with Crippen LogP contribution in [0.25, 0.3) is 0 Å². The maximum atomic E-state index is 10.1. The summed E-state index contributed by atoms with van der Waals surface area (Å²) < 4.78 is 14.8. The fourth-order valence-electron chi connectivity index (χ4n) is 1.19. The van der Waals surface area contributed by atoms with E-state index in [1.54, 1.807) is 0 Å². The highest BCUT2D eigenvalue weighted by Gasteiger charge is 2.17. The van der Waals surface area contributed by atoms with Crippen molar-refractivity contribution >= 4 is 17.8 Å². The molecule has 1 aliphatic rings. The molecule has 1 aliphatic heterocycles. The van der Waals surface area contributed by atoms with Gasteiger partial charge in [-0.25, -0.2) is 4.79 Å². The van der Waals surface area contributed by atoms with Gasteiger partial charge in [0.2, 0.25) is 0 Å². The lowest BCUT2D eigenvalue weighted by Gasteiger charge is -2.23. The summed E-state index contributed by atoms with van der Waals surface area (Å²) in [6, 6.07) is 0. The fraction of sp³-hybridized carbons (Fsp3) is 0.875. The van der Waals surface area contributed by atoms with Gasteiger partial charge in [0.1, 0.15) is 0 Å². The summed E-state index contributed by atoms with van der Waals surface area (Å²) in [6.07, 6.45) is -0.281. The van der Waals surface area contributed by atoms with Crippen molar-refractivity contribution in [3.8, 4) is 0 Å². The molecule has 0 bridgehead atoms. The summed E-state index contributed by atoms with van der Waals surface area (Å²) in [5.74, 6) is 0. The summed E-state index contributed by atoms with van der Waals surface area (Å²) in [7, 11) is 0. The van der Waals surface area contributed by atoms with E-state index in [1.165, 1.54) is 0 Å². The van der Waals surface area contributed by atoms with Gasteiger partial charge in [-0.3, -0.25) is 0 Å². The number of carboxylic acid groups (broad SMARTS) is 1. The zero-order chi connectivity index (χ0) is 10.4. The van der Waals surface area contributed by atoms with E-state index in [4.69, 9.17) is 26.2 Å². The monoisotopic (exact) mass is 224 g/mol. The lowest BCUT2D eigenvalue weighted by molar-refractivity contribution is -0.0928. The maximum Gasteiger partial charge on any atom is 0.507 e. The lowest BCUT2D eigenvalue weighted by Crippen LogP contribution is -2.29. The van der Waals surface area contributed by atoms with Crippen molar-refractivity contribution in [3.63, 3.8) is 0 Å². The van der Waals surface area contributed by atoms with Crippen molar-refractivity contribution in [2.75, 3.05) is 19.8 Å². The molecule has 0 radical (unpaired) electrons. The Morgan fingerprint density at radius 1 is 1.64 bits per heavy atom. The molecule has 6 heteroatoms. The molecule has 0 saturated carbocycles. The van der Waals surface area contributed by atoms with E-state index in [0.717, 1.165) is 0 Å². The van der Waals surface area contributed by atoms with Gasteiger partial charge in [-0.2, -0.15) is 0 Å². The molecule has 2 atom stereocenters. The zero-order valence-electron chi connectivity index (χ0n) is 7.65. The van der Waals surface area contributed by atoms with Gasteiger partial charge in [0.15, 0.2) is 5.56 Å². The Kier molecular flexibility index (Phi) is 5.00. The summed E-state index contributed by atoms with van der Waals surface area (Å²) >= 11 is 5.60. The molecule has 14 heavy (non-hydrogen) atoms. The minimum Gasteiger partial charge on any atom is -0.450 e. The molecule has 1 heterocycles. The van der Waals surface area contributed by atoms with Gasteiger partial charge >= 0.3 is 6.16 Å². The summed E-state index contributed by atoms with van der Waals surface area (Å²) in [5.41, 5.74) is -0.807. The van der Waals surface area contributed by atoms with Crippen LogP contribution in [0.15, 0.2) is 0 Å². The van der Waals surface area contributed by atoms with E-state index < -0.39 is 11.7 Å². The van der Waals surface area contributed by atoms with Crippen molar-refractivity contribution < 1.29 is 24.1 Å². The quantitative estimate of drug-likeness (QED) is 0.578. The van der Waals surface area contributed by atoms with Crippen LogP contribution in [0.3, 0.4) is 0 Å². The molecule has 0 spiro atoms. The molecular formula is C8H13ClO5. The summed E-state index contributed by atoms with van der Waals surface area (Å²) in [4.78, 5) is 10.1. The van der Waals surface area contributed by atoms with Gasteiger partial charge in [-0.1, -0.05) is 11.6 Å². The van der Waals surface area contributed by atoms with E-state index in [2.05, 4.69) is 4.74 Å². The molecule has 0 aliphatic carbocycles. The SMILES string of the molecule is O=C(O)OC(Cl)CC[C@@H]1COCCO1. The normalized spacial score (nSPS) is 24.2. The van der Waals surface area contributed by atoms with E-state index in [0.29, 0.717) is 32.7 Å². The van der Waals surface area contributed by atoms with Crippen molar-refractivity contribution in [1.29, 1.82) is 0 Å². The fourth-order valence-corrected chi connectivity index (χ4v) is 1.39. The topological polar surface area (TPSA) is 65.0 Å². The maximum absolute atomic E-state index is 10.1. The molecule has 0 aromatic rings. The highest BCUT2D eigenvalue weighted by molar-refractivity contribution is 6.20. The second kappa shape index (κ2) is 6.06. The predicted octanol–water partition coefficient (Wildman–Crippen LogP) is 1.44. The first-order valence-corrected chi connectivity index (χ1v) is 4.85. The molecular weight excluding hydrogens is 212 g/mol. The van der Waals surface area contributed by atoms with Gasteiger partial charge in [-0.15, -0.1) is 0 Å². The average Bonchev–Trinajstić information content (AvgIpc) is 2.15. The molecule has 1 fully saturated rings. The van der Waals surface area contributed by atoms with Crippen LogP contribution in [-0.2, 0) is 14.2 Å². The average molecular weight is 225 g/mol. The van der Waals surface area contributed by atoms with Crippen LogP contribution < -0.4 is 0 Å². The Bertz CT molecular complexity index is 181. The standard InChI is InChI=1S/C8H13ClO5/c9-7(14-8(10)11)2-1-6-5-12-3-4-13-6/h6-7H,1-5H2,(H,10,11)/t6-,7?/m1/s1. The third-order valence-electron chi connectivity index (χ3n) is 1.83. The minimum atomic E-state index is -1.36. The first-order chi connectivity index (χ1) is 6.68. The molecule has 1 rings (SSSR count). The molecule has 0 aromatic carbocycles. The van der Waals surface area contributed by atoms with E-state index in [9.17, 15) is 4.79 Å². The number of carbonyl (C=O) groups is 1. The van der Waals surface area contributed by atoms with E-state index in [-0.39, 0.29) is 6.10 Å². The largest absolute Gasteiger partial charge is 0.507 e. The summed E-state index contributed by atoms with van der Waals surface area (Å²) in [5, 5.41) is 8.26. The van der Waals surface area contributed by atoms with Crippen molar-refractivity contribution in [2.45, 2.75) is 24.5 Å². The Hall–Kier alpha value is -0.520. The van der Waals surface area contributed by atoms with Crippen molar-refractivity contribution in [3.05, 3.63) is 0 Å². The Labute approximate surface area is 86.9 Å². The molecule has 82 valence electrons. The highest BCUT2D eigenvalue weighted by Crippen LogP contribution is 2.13. The number of rotatable bonds is 4. The first-order valence-electron chi connectivity index (χ1n) is 4.41. The van der Waals surface area contributed by atoms with Gasteiger partial charge < -0.3 is 19.3 Å². The Morgan fingerprint density at radius 3 is 3.00 bits per heavy atom. The van der Waals surface area contributed by atoms with Crippen LogP contribution in [0.1, 0.15) is 12.8 Å². The van der Waals surface area contributed by atoms with Crippen LogP contribution in [0.4, 0.5) is 4.79 Å². The van der Waals surface area contributed by atoms with Gasteiger partial charge in [0.25, 0.3) is 0 Å². The molecule has 1 unspecified atom stereocenters. The van der Waals surface area contributed by atoms with Crippen molar-refractivity contribution in [1.82, 2.24) is 0 Å². The zero-order valence-corrected chi connectivity index (χ0v) is 8.40. The smallest absolute Gasteiger partial charge is 0.450 e. The molecule has 5 nitrogen and oxygen atoms in total. The summed E-state index contributed by atoms with van der Waals surface area (Å²) in [6.45, 7) is 1.74. The Balaban J connectivity index is 2.09. The Morgan fingerprint density at radius 2 is 2.43 bits per heavy atom. The number of hydrogen-bond donors (Lipinski definition) is 1. The van der Waals surface area contributed by atoms with Gasteiger partial charge in [0, 0.05) is 6.42 Å². The van der Waals surface area contributed by atoms with Crippen LogP contribution in [-0.4, -0.2) is 42.7 Å². The lowest BCUT2D eigenvalue weighted by atomic mass is 10.2. The third-order valence-corrected chi connectivity index (χ3v) is 2.14. The van der Waals surface area contributed by atoms with Crippen LogP contribution >= 0.6 is 11.6 Å². The molecule has 0 aromatic heterocycles. The van der Waals surface area contributed by atoms with E-state index >= 15 is 0 Å². The third kappa shape index (κ3) is 4.64. The van der Waals surface area contributed by atoms with Gasteiger partial charge in [0.05, 0.1) is 25.9 Å². The van der Waals surface area contributed by atoms with Crippen LogP contribution in [0, 0.1) is 0 Å². The predicted molar refractivity (Wildman–Crippen MR) is 48.5 cm³/mol. The first kappa shape index (κ1) is 11.6. The highest BCUT2D eigenvalue weighted by atomic mass is 35.5. The second-order valence-corrected chi connectivity index (χ2v) is 3.43. The van der Waals surface area contributed by atoms with Crippen LogP contribution in [0.5, 0.6) is 0 Å². The van der Waals surface area contributed by atoms with Gasteiger partial charge in [-0.05, 0) is 6.42 Å². The number of halogens is 1. The number of alkyl halides is 1. The number of hydrogen-bond acceptors (Lipinski definition) is 4. The van der Waals surface area contributed by atoms with Crippen LogP contribution in [0.2, 0.25) is 0 Å². The second-order valence-electron chi connectivity index (χ2n) is 2.94. The number of ether oxygens (including phenoxy) is 3. The minimum absolute atomic E-state index is 0.00222. The molecule has 0 amide bonds.